The third kappa shape index (κ3) is 2.24. The van der Waals surface area contributed by atoms with Crippen molar-refractivity contribution in [3.8, 4) is 5.75 Å². The van der Waals surface area contributed by atoms with Gasteiger partial charge in [0.1, 0.15) is 5.75 Å². The molecular weight excluding hydrogens is 266 g/mol. The molecule has 0 spiro atoms. The minimum absolute atomic E-state index is 0.480. The Labute approximate surface area is 105 Å². The Morgan fingerprint density at radius 2 is 2.00 bits per heavy atom. The van der Waals surface area contributed by atoms with Crippen LogP contribution in [0, 0.1) is 0 Å². The summed E-state index contributed by atoms with van der Waals surface area (Å²) in [7, 11) is 3.82. The zero-order valence-corrected chi connectivity index (χ0v) is 11.2. The molecule has 1 aromatic rings. The highest BCUT2D eigenvalue weighted by Crippen LogP contribution is 2.31. The molecule has 1 aromatic carbocycles. The van der Waals surface area contributed by atoms with Crippen molar-refractivity contribution in [2.75, 3.05) is 19.1 Å². The number of anilines is 1. The van der Waals surface area contributed by atoms with Crippen LogP contribution in [0.25, 0.3) is 0 Å². The first-order chi connectivity index (χ1) is 7.72. The predicted octanol–water partition coefficient (Wildman–Crippen LogP) is 3.57. The molecule has 0 N–H and O–H groups in total. The third-order valence-electron chi connectivity index (χ3n) is 3.04. The Morgan fingerprint density at radius 3 is 2.50 bits per heavy atom. The summed E-state index contributed by atoms with van der Waals surface area (Å²) in [6, 6.07) is 8.67. The number of rotatable bonds is 3. The van der Waals surface area contributed by atoms with Gasteiger partial charge in [0.25, 0.3) is 0 Å². The van der Waals surface area contributed by atoms with E-state index in [1.165, 1.54) is 16.6 Å². The van der Waals surface area contributed by atoms with Crippen molar-refractivity contribution in [3.05, 3.63) is 34.8 Å². The molecule has 0 fully saturated rings. The van der Waals surface area contributed by atoms with Crippen LogP contribution in [0.5, 0.6) is 5.75 Å². The average molecular weight is 282 g/mol. The van der Waals surface area contributed by atoms with Crippen molar-refractivity contribution in [3.63, 3.8) is 0 Å². The van der Waals surface area contributed by atoms with E-state index in [4.69, 9.17) is 4.74 Å². The van der Waals surface area contributed by atoms with E-state index in [0.29, 0.717) is 6.04 Å². The molecule has 2 nitrogen and oxygen atoms in total. The maximum Gasteiger partial charge on any atom is 0.119 e. The van der Waals surface area contributed by atoms with Crippen molar-refractivity contribution in [1.29, 1.82) is 0 Å². The summed E-state index contributed by atoms with van der Waals surface area (Å²) >= 11 is 3.63. The quantitative estimate of drug-likeness (QED) is 0.840. The van der Waals surface area contributed by atoms with Gasteiger partial charge < -0.3 is 9.64 Å². The van der Waals surface area contributed by atoms with E-state index in [2.05, 4.69) is 46.1 Å². The fraction of sp³-hybridized carbons (Fsp3) is 0.385. The maximum atomic E-state index is 5.16. The lowest BCUT2D eigenvalue weighted by molar-refractivity contribution is 0.415. The summed E-state index contributed by atoms with van der Waals surface area (Å²) in [6.07, 6.45) is 4.60. The van der Waals surface area contributed by atoms with Crippen LogP contribution in [-0.4, -0.2) is 20.2 Å². The molecule has 1 aliphatic carbocycles. The van der Waals surface area contributed by atoms with Gasteiger partial charge in [0.2, 0.25) is 0 Å². The molecule has 0 radical (unpaired) electrons. The fourth-order valence-corrected chi connectivity index (χ4v) is 2.79. The second-order valence-electron chi connectivity index (χ2n) is 3.99. The lowest BCUT2D eigenvalue weighted by Gasteiger charge is -2.27. The number of ether oxygens (including phenoxy) is 1. The Hall–Kier alpha value is -0.960. The Bertz CT molecular complexity index is 385. The second-order valence-corrected chi connectivity index (χ2v) is 4.91. The van der Waals surface area contributed by atoms with Gasteiger partial charge in [0.15, 0.2) is 0 Å². The number of methoxy groups -OCH3 is 1. The standard InChI is InChI=1S/C13H16BrNO/c1-15(13-5-3-4-12(13)14)10-6-8-11(16-2)9-7-10/h4,6-9,13H,3,5H2,1-2H3. The molecule has 0 amide bonds. The number of hydrogen-bond donors (Lipinski definition) is 0. The summed E-state index contributed by atoms with van der Waals surface area (Å²) in [5.41, 5.74) is 1.22. The smallest absolute Gasteiger partial charge is 0.119 e. The summed E-state index contributed by atoms with van der Waals surface area (Å²) in [5.74, 6) is 0.901. The van der Waals surface area contributed by atoms with Crippen molar-refractivity contribution in [1.82, 2.24) is 0 Å². The van der Waals surface area contributed by atoms with E-state index in [1.54, 1.807) is 7.11 Å². The molecule has 0 bridgehead atoms. The van der Waals surface area contributed by atoms with Crippen molar-refractivity contribution >= 4 is 21.6 Å². The van der Waals surface area contributed by atoms with Gasteiger partial charge in [-0.1, -0.05) is 22.0 Å². The first-order valence-electron chi connectivity index (χ1n) is 5.45. The van der Waals surface area contributed by atoms with Crippen molar-refractivity contribution in [2.45, 2.75) is 18.9 Å². The highest BCUT2D eigenvalue weighted by Gasteiger charge is 2.21. The molecule has 0 aromatic heterocycles. The van der Waals surface area contributed by atoms with E-state index in [1.807, 2.05) is 12.1 Å². The number of likely N-dealkylation sites (N-methyl/N-ethyl adjacent to an activating group) is 1. The van der Waals surface area contributed by atoms with Crippen LogP contribution in [0.2, 0.25) is 0 Å². The summed E-state index contributed by atoms with van der Waals surface area (Å²) in [4.78, 5) is 2.30. The zero-order valence-electron chi connectivity index (χ0n) is 9.61. The molecule has 2 rings (SSSR count). The summed E-state index contributed by atoms with van der Waals surface area (Å²) < 4.78 is 6.45. The van der Waals surface area contributed by atoms with Gasteiger partial charge in [-0.25, -0.2) is 0 Å². The monoisotopic (exact) mass is 281 g/mol. The van der Waals surface area contributed by atoms with Crippen LogP contribution in [0.3, 0.4) is 0 Å². The molecule has 86 valence electrons. The van der Waals surface area contributed by atoms with E-state index in [9.17, 15) is 0 Å². The van der Waals surface area contributed by atoms with Crippen molar-refractivity contribution in [2.24, 2.45) is 0 Å². The zero-order chi connectivity index (χ0) is 11.5. The number of hydrogen-bond acceptors (Lipinski definition) is 2. The summed E-state index contributed by atoms with van der Waals surface area (Å²) in [5, 5.41) is 0. The van der Waals surface area contributed by atoms with Crippen LogP contribution in [-0.2, 0) is 0 Å². The minimum Gasteiger partial charge on any atom is -0.497 e. The largest absolute Gasteiger partial charge is 0.497 e. The van der Waals surface area contributed by atoms with Gasteiger partial charge in [-0.2, -0.15) is 0 Å². The van der Waals surface area contributed by atoms with Gasteiger partial charge >= 0.3 is 0 Å². The van der Waals surface area contributed by atoms with Gasteiger partial charge in [0, 0.05) is 17.2 Å². The molecule has 1 unspecified atom stereocenters. The highest BCUT2D eigenvalue weighted by molar-refractivity contribution is 9.11. The Morgan fingerprint density at radius 1 is 1.31 bits per heavy atom. The summed E-state index contributed by atoms with van der Waals surface area (Å²) in [6.45, 7) is 0. The number of halogens is 1. The van der Waals surface area contributed by atoms with Crippen LogP contribution >= 0.6 is 15.9 Å². The lowest BCUT2D eigenvalue weighted by Crippen LogP contribution is -2.29. The first kappa shape index (κ1) is 11.5. The molecular formula is C13H16BrNO. The molecule has 3 heteroatoms. The lowest BCUT2D eigenvalue weighted by atomic mass is 10.2. The van der Waals surface area contributed by atoms with Crippen LogP contribution < -0.4 is 9.64 Å². The fourth-order valence-electron chi connectivity index (χ4n) is 2.03. The topological polar surface area (TPSA) is 12.5 Å². The molecule has 0 saturated heterocycles. The number of allylic oxidation sites excluding steroid dienone is 1. The van der Waals surface area contributed by atoms with Gasteiger partial charge in [0.05, 0.1) is 13.2 Å². The molecule has 16 heavy (non-hydrogen) atoms. The van der Waals surface area contributed by atoms with Gasteiger partial charge in [-0.05, 0) is 37.1 Å². The molecule has 0 aliphatic heterocycles. The van der Waals surface area contributed by atoms with Crippen molar-refractivity contribution < 1.29 is 4.74 Å². The number of benzene rings is 1. The molecule has 1 aliphatic rings. The van der Waals surface area contributed by atoms with E-state index >= 15 is 0 Å². The molecule has 1 atom stereocenters. The Kier molecular flexibility index (Phi) is 3.54. The van der Waals surface area contributed by atoms with E-state index < -0.39 is 0 Å². The SMILES string of the molecule is COc1ccc(N(C)C2CCC=C2Br)cc1. The van der Waals surface area contributed by atoms with Gasteiger partial charge in [-0.15, -0.1) is 0 Å². The highest BCUT2D eigenvalue weighted by atomic mass is 79.9. The van der Waals surface area contributed by atoms with Crippen LogP contribution in [0.4, 0.5) is 5.69 Å². The Balaban J connectivity index is 2.14. The van der Waals surface area contributed by atoms with Crippen LogP contribution in [0.15, 0.2) is 34.8 Å². The van der Waals surface area contributed by atoms with E-state index in [-0.39, 0.29) is 0 Å². The second kappa shape index (κ2) is 4.91. The normalized spacial score (nSPS) is 19.4. The molecule has 0 heterocycles. The average Bonchev–Trinajstić information content (AvgIpc) is 2.75. The first-order valence-corrected chi connectivity index (χ1v) is 6.24. The third-order valence-corrected chi connectivity index (χ3v) is 3.90. The minimum atomic E-state index is 0.480. The maximum absolute atomic E-state index is 5.16. The predicted molar refractivity (Wildman–Crippen MR) is 71.4 cm³/mol. The van der Waals surface area contributed by atoms with Gasteiger partial charge in [-0.3, -0.25) is 0 Å². The molecule has 0 saturated carbocycles. The number of nitrogens with zero attached hydrogens (tertiary/aromatic N) is 1. The van der Waals surface area contributed by atoms with Crippen LogP contribution in [0.1, 0.15) is 12.8 Å². The van der Waals surface area contributed by atoms with E-state index in [0.717, 1.165) is 12.2 Å².